The van der Waals surface area contributed by atoms with E-state index in [4.69, 9.17) is 0 Å². The van der Waals surface area contributed by atoms with Gasteiger partial charge in [0, 0.05) is 0 Å². The van der Waals surface area contributed by atoms with Crippen molar-refractivity contribution in [1.82, 2.24) is 0 Å². The molecule has 0 amide bonds. The second-order valence-electron chi connectivity index (χ2n) is 11.9. The van der Waals surface area contributed by atoms with Crippen LogP contribution >= 0.6 is 0 Å². The van der Waals surface area contributed by atoms with Crippen molar-refractivity contribution in [3.63, 3.8) is 0 Å². The Hall–Kier alpha value is 0. The SMILES string of the molecule is C1CC2C1C1C2C2C1C1C2C2C3C4C5C6CCC6C5C4C3C12. The average molecular weight is 290 g/mol. The second kappa shape index (κ2) is 2.50. The van der Waals surface area contributed by atoms with E-state index in [9.17, 15) is 0 Å². The van der Waals surface area contributed by atoms with Crippen LogP contribution < -0.4 is 0 Å². The molecule has 16 atom stereocenters. The molecule has 10 aliphatic carbocycles. The molecule has 22 heavy (non-hydrogen) atoms. The Morgan fingerprint density at radius 3 is 0.591 bits per heavy atom. The van der Waals surface area contributed by atoms with Crippen molar-refractivity contribution in [2.24, 2.45) is 107 Å². The van der Waals surface area contributed by atoms with Gasteiger partial charge in [0.2, 0.25) is 0 Å². The molecule has 0 bridgehead atoms. The Kier molecular flexibility index (Phi) is 1.15. The summed E-state index contributed by atoms with van der Waals surface area (Å²) in [6, 6.07) is 0. The maximum absolute atomic E-state index is 1.64. The Morgan fingerprint density at radius 2 is 0.409 bits per heavy atom. The molecule has 10 saturated carbocycles. The molecule has 0 N–H and O–H groups in total. The molecule has 0 heteroatoms. The summed E-state index contributed by atoms with van der Waals surface area (Å²) < 4.78 is 0. The fourth-order valence-electron chi connectivity index (χ4n) is 12.9. The number of hydrogen-bond acceptors (Lipinski definition) is 0. The van der Waals surface area contributed by atoms with Gasteiger partial charge in [-0.3, -0.25) is 0 Å². The number of fused-ring (bicyclic) bond motifs is 25. The first-order valence-corrected chi connectivity index (χ1v) is 11.0. The smallest absolute Gasteiger partial charge is 0.0312 e. The first-order valence-electron chi connectivity index (χ1n) is 11.0. The van der Waals surface area contributed by atoms with Crippen molar-refractivity contribution in [1.29, 1.82) is 0 Å². The Morgan fingerprint density at radius 1 is 0.227 bits per heavy atom. The van der Waals surface area contributed by atoms with E-state index < -0.39 is 0 Å². The standard InChI is InChI=1S/C22H26/c1-2-6-5(1)9-10(6)14-13(9)17-18(14)22-20-16-12-8-4-3-7(8)11(12)15(16)19(20)21(17)22/h5-22H,1-4H2. The van der Waals surface area contributed by atoms with Crippen LogP contribution in [0.4, 0.5) is 0 Å². The predicted octanol–water partition coefficient (Wildman–Crippen LogP) is 3.77. The highest BCUT2D eigenvalue weighted by molar-refractivity contribution is 5.38. The maximum atomic E-state index is 1.64. The first kappa shape index (κ1) is 10.1. The zero-order valence-electron chi connectivity index (χ0n) is 13.2. The van der Waals surface area contributed by atoms with Crippen LogP contribution in [0.1, 0.15) is 25.7 Å². The average Bonchev–Trinajstić information content (AvgIpc) is 2.43. The summed E-state index contributed by atoms with van der Waals surface area (Å²) in [7, 11) is 0. The molecule has 0 radical (unpaired) electrons. The van der Waals surface area contributed by atoms with Crippen LogP contribution in [0.15, 0.2) is 0 Å². The van der Waals surface area contributed by atoms with Crippen LogP contribution in [-0.2, 0) is 0 Å². The van der Waals surface area contributed by atoms with E-state index in [1.165, 1.54) is 107 Å². The zero-order valence-corrected chi connectivity index (χ0v) is 13.2. The van der Waals surface area contributed by atoms with Crippen molar-refractivity contribution in [3.05, 3.63) is 0 Å². The highest BCUT2D eigenvalue weighted by Gasteiger charge is 2.92. The van der Waals surface area contributed by atoms with Crippen LogP contribution in [0.3, 0.4) is 0 Å². The van der Waals surface area contributed by atoms with E-state index in [0.717, 1.165) is 0 Å². The lowest BCUT2D eigenvalue weighted by atomic mass is 9.08. The topological polar surface area (TPSA) is 0 Å². The molecule has 114 valence electrons. The van der Waals surface area contributed by atoms with Gasteiger partial charge in [-0.25, -0.2) is 0 Å². The van der Waals surface area contributed by atoms with E-state index in [-0.39, 0.29) is 0 Å². The van der Waals surface area contributed by atoms with Crippen LogP contribution in [0.5, 0.6) is 0 Å². The largest absolute Gasteiger partial charge is 0.0496 e. The molecule has 0 aromatic rings. The zero-order chi connectivity index (χ0) is 13.2. The molecule has 0 saturated heterocycles. The summed E-state index contributed by atoms with van der Waals surface area (Å²) in [5, 5.41) is 0. The molecule has 0 heterocycles. The molecular formula is C22H26. The van der Waals surface area contributed by atoms with Gasteiger partial charge in [0.15, 0.2) is 0 Å². The van der Waals surface area contributed by atoms with Gasteiger partial charge in [-0.2, -0.15) is 0 Å². The van der Waals surface area contributed by atoms with E-state index in [1.807, 2.05) is 0 Å². The highest BCUT2D eigenvalue weighted by Crippen LogP contribution is 2.95. The summed E-state index contributed by atoms with van der Waals surface area (Å²) >= 11 is 0. The summed E-state index contributed by atoms with van der Waals surface area (Å²) in [5.41, 5.74) is 0. The van der Waals surface area contributed by atoms with E-state index in [2.05, 4.69) is 0 Å². The minimum atomic E-state index is 1.27. The second-order valence-corrected chi connectivity index (χ2v) is 11.9. The van der Waals surface area contributed by atoms with Crippen molar-refractivity contribution in [3.8, 4) is 0 Å². The fraction of sp³-hybridized carbons (Fsp3) is 1.00. The van der Waals surface area contributed by atoms with Crippen LogP contribution in [0.25, 0.3) is 0 Å². The summed E-state index contributed by atoms with van der Waals surface area (Å²) in [6.07, 6.45) is 6.57. The van der Waals surface area contributed by atoms with E-state index in [0.29, 0.717) is 0 Å². The Balaban J connectivity index is 1.01. The van der Waals surface area contributed by atoms with Gasteiger partial charge in [0.25, 0.3) is 0 Å². The van der Waals surface area contributed by atoms with E-state index >= 15 is 0 Å². The maximum Gasteiger partial charge on any atom is -0.0312 e. The number of hydrogen-bond donors (Lipinski definition) is 0. The quantitative estimate of drug-likeness (QED) is 0.596. The summed E-state index contributed by atoms with van der Waals surface area (Å²) in [5.74, 6) is 23.4. The monoisotopic (exact) mass is 290 g/mol. The van der Waals surface area contributed by atoms with Gasteiger partial charge < -0.3 is 0 Å². The molecule has 0 nitrogen and oxygen atoms in total. The molecule has 10 aliphatic rings. The molecule has 0 spiro atoms. The number of rotatable bonds is 0. The normalized spacial score (nSPS) is 92.7. The molecule has 0 aromatic carbocycles. The lowest BCUT2D eigenvalue weighted by molar-refractivity contribution is -0.495. The van der Waals surface area contributed by atoms with Crippen molar-refractivity contribution < 1.29 is 0 Å². The fourth-order valence-corrected chi connectivity index (χ4v) is 12.9. The van der Waals surface area contributed by atoms with Gasteiger partial charge in [-0.1, -0.05) is 0 Å². The predicted molar refractivity (Wildman–Crippen MR) is 81.3 cm³/mol. The molecular weight excluding hydrogens is 264 g/mol. The van der Waals surface area contributed by atoms with Gasteiger partial charge >= 0.3 is 0 Å². The lowest BCUT2D eigenvalue weighted by Gasteiger charge is -2.96. The lowest BCUT2D eigenvalue weighted by Crippen LogP contribution is -2.93. The van der Waals surface area contributed by atoms with Crippen LogP contribution in [0.2, 0.25) is 0 Å². The third-order valence-corrected chi connectivity index (χ3v) is 13.2. The molecule has 10 fully saturated rings. The van der Waals surface area contributed by atoms with Gasteiger partial charge in [-0.15, -0.1) is 0 Å². The Labute approximate surface area is 132 Å². The van der Waals surface area contributed by atoms with Crippen molar-refractivity contribution >= 4 is 0 Å². The van der Waals surface area contributed by atoms with Crippen molar-refractivity contribution in [2.45, 2.75) is 25.7 Å². The van der Waals surface area contributed by atoms with Crippen LogP contribution in [0, 0.1) is 107 Å². The minimum absolute atomic E-state index is 1.27. The summed E-state index contributed by atoms with van der Waals surface area (Å²) in [6.45, 7) is 0. The van der Waals surface area contributed by atoms with Gasteiger partial charge in [-0.05, 0) is 132 Å². The van der Waals surface area contributed by atoms with Crippen molar-refractivity contribution in [2.75, 3.05) is 0 Å². The highest BCUT2D eigenvalue weighted by atomic mass is 15.0. The molecule has 0 aliphatic heterocycles. The third-order valence-electron chi connectivity index (χ3n) is 13.2. The molecule has 10 rings (SSSR count). The molecule has 16 unspecified atom stereocenters. The van der Waals surface area contributed by atoms with Gasteiger partial charge in [0.05, 0.1) is 0 Å². The minimum Gasteiger partial charge on any atom is -0.0496 e. The van der Waals surface area contributed by atoms with Crippen LogP contribution in [-0.4, -0.2) is 0 Å². The third kappa shape index (κ3) is 0.597. The van der Waals surface area contributed by atoms with Gasteiger partial charge in [0.1, 0.15) is 0 Å². The van der Waals surface area contributed by atoms with E-state index in [1.54, 1.807) is 25.7 Å². The Bertz CT molecular complexity index is 566. The summed E-state index contributed by atoms with van der Waals surface area (Å²) in [4.78, 5) is 0. The molecule has 0 aromatic heterocycles. The first-order chi connectivity index (χ1) is 11.0.